The summed E-state index contributed by atoms with van der Waals surface area (Å²) in [5, 5.41) is 8.97. The predicted octanol–water partition coefficient (Wildman–Crippen LogP) is 2.65. The molecule has 2 saturated heterocycles. The molecule has 4 amide bonds. The molecule has 0 bridgehead atoms. The highest BCUT2D eigenvalue weighted by molar-refractivity contribution is 5.90. The lowest BCUT2D eigenvalue weighted by atomic mass is 9.83. The van der Waals surface area contributed by atoms with Crippen LogP contribution in [-0.4, -0.2) is 84.6 Å². The highest BCUT2D eigenvalue weighted by Gasteiger charge is 2.54. The number of rotatable bonds is 9. The van der Waals surface area contributed by atoms with E-state index in [9.17, 15) is 18.8 Å². The van der Waals surface area contributed by atoms with Crippen LogP contribution in [0.15, 0.2) is 24.3 Å². The van der Waals surface area contributed by atoms with Gasteiger partial charge in [0, 0.05) is 13.1 Å². The first-order valence-electron chi connectivity index (χ1n) is 14.1. The molecule has 1 saturated carbocycles. The van der Waals surface area contributed by atoms with Crippen molar-refractivity contribution in [2.45, 2.75) is 89.1 Å². The van der Waals surface area contributed by atoms with Gasteiger partial charge in [0.2, 0.25) is 11.8 Å². The van der Waals surface area contributed by atoms with Crippen molar-refractivity contribution in [2.24, 2.45) is 5.92 Å². The second kappa shape index (κ2) is 12.8. The average Bonchev–Trinajstić information content (AvgIpc) is 3.52. The number of amides is 4. The van der Waals surface area contributed by atoms with E-state index in [1.807, 2.05) is 11.8 Å². The molecule has 5 unspecified atom stereocenters. The summed E-state index contributed by atoms with van der Waals surface area (Å²) >= 11 is 0. The molecule has 3 N–H and O–H groups in total. The van der Waals surface area contributed by atoms with Crippen LogP contribution in [0.25, 0.3) is 0 Å². The lowest BCUT2D eigenvalue weighted by Crippen LogP contribution is -2.58. The maximum Gasteiger partial charge on any atom is 0.317 e. The minimum atomic E-state index is -0.619. The molecule has 210 valence electrons. The Labute approximate surface area is 224 Å². The van der Waals surface area contributed by atoms with Gasteiger partial charge in [-0.25, -0.2) is 9.18 Å². The number of urea groups is 1. The minimum Gasteiger partial charge on any atom is -0.486 e. The number of likely N-dealkylation sites (tertiary alicyclic amines) is 2. The number of nitrogens with one attached hydrogen (secondary N) is 3. The van der Waals surface area contributed by atoms with E-state index >= 15 is 0 Å². The highest BCUT2D eigenvalue weighted by atomic mass is 19.1. The smallest absolute Gasteiger partial charge is 0.317 e. The molecule has 0 aromatic heterocycles. The molecule has 5 atom stereocenters. The van der Waals surface area contributed by atoms with Gasteiger partial charge in [0.15, 0.2) is 0 Å². The van der Waals surface area contributed by atoms with Gasteiger partial charge in [-0.1, -0.05) is 26.2 Å². The highest BCUT2D eigenvalue weighted by Crippen LogP contribution is 2.36. The second-order valence-corrected chi connectivity index (χ2v) is 10.8. The quantitative estimate of drug-likeness (QED) is 0.455. The third-order valence-electron chi connectivity index (χ3n) is 8.26. The summed E-state index contributed by atoms with van der Waals surface area (Å²) < 4.78 is 19.8. The molecule has 3 fully saturated rings. The Bertz CT molecular complexity index is 970. The third-order valence-corrected chi connectivity index (χ3v) is 8.26. The zero-order valence-corrected chi connectivity index (χ0v) is 22.7. The molecule has 2 heterocycles. The van der Waals surface area contributed by atoms with Crippen LogP contribution in [0.5, 0.6) is 5.75 Å². The topological polar surface area (TPSA) is 103 Å². The molecule has 1 aromatic carbocycles. The SMILES string of the molecule is CCCNC(=O)N1CC(Oc2ccc(F)cc2)C2C1CCN2C(=O)C(NC(=O)C(C)NC)C1CCCCC1. The van der Waals surface area contributed by atoms with E-state index in [1.165, 1.54) is 12.1 Å². The standard InChI is InChI=1S/C28H42FN5O4/c1-4-15-31-28(37)34-17-23(38-21-12-10-20(29)11-13-21)25-22(34)14-16-33(25)27(36)24(19-8-6-5-7-9-19)32-26(35)18(2)30-3/h10-13,18-19,22-25,30H,4-9,14-17H2,1-3H3,(H,31,37)(H,32,35). The number of ether oxygens (including phenoxy) is 1. The van der Waals surface area contributed by atoms with Crippen molar-refractivity contribution in [3.05, 3.63) is 30.1 Å². The zero-order chi connectivity index (χ0) is 27.2. The largest absolute Gasteiger partial charge is 0.486 e. The second-order valence-electron chi connectivity index (χ2n) is 10.8. The normalized spacial score (nSPS) is 25.0. The van der Waals surface area contributed by atoms with Gasteiger partial charge in [0.25, 0.3) is 0 Å². The van der Waals surface area contributed by atoms with E-state index in [0.717, 1.165) is 38.5 Å². The van der Waals surface area contributed by atoms with E-state index in [4.69, 9.17) is 4.74 Å². The van der Waals surface area contributed by atoms with Gasteiger partial charge in [-0.2, -0.15) is 0 Å². The van der Waals surface area contributed by atoms with Crippen LogP contribution in [-0.2, 0) is 9.59 Å². The van der Waals surface area contributed by atoms with Gasteiger partial charge in [0.1, 0.15) is 23.7 Å². The first kappa shape index (κ1) is 28.1. The van der Waals surface area contributed by atoms with Crippen LogP contribution < -0.4 is 20.7 Å². The zero-order valence-electron chi connectivity index (χ0n) is 22.7. The molecule has 4 rings (SSSR count). The Hall–Kier alpha value is -2.88. The van der Waals surface area contributed by atoms with Crippen molar-refractivity contribution < 1.29 is 23.5 Å². The molecule has 1 aromatic rings. The summed E-state index contributed by atoms with van der Waals surface area (Å²) in [5.74, 6) is -0.0972. The Morgan fingerprint density at radius 1 is 1.08 bits per heavy atom. The summed E-state index contributed by atoms with van der Waals surface area (Å²) in [6, 6.07) is 4.05. The molecule has 9 nitrogen and oxygen atoms in total. The fourth-order valence-corrected chi connectivity index (χ4v) is 6.08. The molecule has 1 aliphatic carbocycles. The Morgan fingerprint density at radius 3 is 2.45 bits per heavy atom. The van der Waals surface area contributed by atoms with Crippen LogP contribution in [0.1, 0.15) is 58.8 Å². The van der Waals surface area contributed by atoms with Crippen molar-refractivity contribution in [3.63, 3.8) is 0 Å². The predicted molar refractivity (Wildman–Crippen MR) is 142 cm³/mol. The Kier molecular flexibility index (Phi) is 9.46. The maximum absolute atomic E-state index is 14.2. The minimum absolute atomic E-state index is 0.0742. The number of carbonyl (C=O) groups excluding carboxylic acids is 3. The monoisotopic (exact) mass is 531 g/mol. The van der Waals surface area contributed by atoms with Crippen molar-refractivity contribution >= 4 is 17.8 Å². The fraction of sp³-hybridized carbons (Fsp3) is 0.679. The summed E-state index contributed by atoms with van der Waals surface area (Å²) in [6.07, 6.45) is 6.00. The lowest BCUT2D eigenvalue weighted by molar-refractivity contribution is -0.140. The van der Waals surface area contributed by atoms with Crippen molar-refractivity contribution in [1.82, 2.24) is 25.8 Å². The van der Waals surface area contributed by atoms with Gasteiger partial charge < -0.3 is 30.5 Å². The molecule has 0 spiro atoms. The first-order chi connectivity index (χ1) is 18.3. The molecule has 2 aliphatic heterocycles. The van der Waals surface area contributed by atoms with Crippen molar-refractivity contribution in [1.29, 1.82) is 0 Å². The van der Waals surface area contributed by atoms with E-state index in [0.29, 0.717) is 31.8 Å². The van der Waals surface area contributed by atoms with E-state index in [-0.39, 0.29) is 41.7 Å². The summed E-state index contributed by atoms with van der Waals surface area (Å²) in [7, 11) is 1.72. The number of fused-ring (bicyclic) bond motifs is 1. The Balaban J connectivity index is 1.59. The van der Waals surface area contributed by atoms with Crippen LogP contribution >= 0.6 is 0 Å². The van der Waals surface area contributed by atoms with Crippen molar-refractivity contribution in [2.75, 3.05) is 26.7 Å². The Morgan fingerprint density at radius 2 is 1.79 bits per heavy atom. The lowest BCUT2D eigenvalue weighted by Gasteiger charge is -2.36. The summed E-state index contributed by atoms with van der Waals surface area (Å²) in [4.78, 5) is 43.7. The maximum atomic E-state index is 14.2. The third kappa shape index (κ3) is 6.22. The number of hydrogen-bond acceptors (Lipinski definition) is 5. The van der Waals surface area contributed by atoms with E-state index < -0.39 is 18.2 Å². The number of benzene rings is 1. The average molecular weight is 532 g/mol. The van der Waals surface area contributed by atoms with Crippen molar-refractivity contribution in [3.8, 4) is 5.75 Å². The van der Waals surface area contributed by atoms with Gasteiger partial charge in [-0.15, -0.1) is 0 Å². The molecular weight excluding hydrogens is 489 g/mol. The van der Waals surface area contributed by atoms with E-state index in [1.54, 1.807) is 31.0 Å². The van der Waals surface area contributed by atoms with Gasteiger partial charge in [-0.3, -0.25) is 9.59 Å². The molecule has 10 heteroatoms. The number of nitrogens with zero attached hydrogens (tertiary/aromatic N) is 2. The molecule has 38 heavy (non-hydrogen) atoms. The molecular formula is C28H42FN5O4. The van der Waals surface area contributed by atoms with Gasteiger partial charge in [-0.05, 0) is 69.8 Å². The number of halogens is 1. The van der Waals surface area contributed by atoms with E-state index in [2.05, 4.69) is 16.0 Å². The van der Waals surface area contributed by atoms with Gasteiger partial charge >= 0.3 is 6.03 Å². The van der Waals surface area contributed by atoms with Crippen LogP contribution in [0.3, 0.4) is 0 Å². The number of hydrogen-bond donors (Lipinski definition) is 3. The number of likely N-dealkylation sites (N-methyl/N-ethyl adjacent to an activating group) is 1. The summed E-state index contributed by atoms with van der Waals surface area (Å²) in [5.41, 5.74) is 0. The molecule has 3 aliphatic rings. The van der Waals surface area contributed by atoms with Gasteiger partial charge in [0.05, 0.1) is 24.7 Å². The summed E-state index contributed by atoms with van der Waals surface area (Å²) in [6.45, 7) is 5.15. The van der Waals surface area contributed by atoms with Crippen LogP contribution in [0.4, 0.5) is 9.18 Å². The van der Waals surface area contributed by atoms with Crippen LogP contribution in [0.2, 0.25) is 0 Å². The molecule has 0 radical (unpaired) electrons. The van der Waals surface area contributed by atoms with Crippen LogP contribution in [0, 0.1) is 11.7 Å². The fourth-order valence-electron chi connectivity index (χ4n) is 6.08. The first-order valence-corrected chi connectivity index (χ1v) is 14.1. The number of carbonyl (C=O) groups is 3.